The highest BCUT2D eigenvalue weighted by Crippen LogP contribution is 2.58. The number of aromatic nitrogens is 2. The Bertz CT molecular complexity index is 1240. The van der Waals surface area contributed by atoms with Crippen molar-refractivity contribution in [3.05, 3.63) is 61.9 Å². The van der Waals surface area contributed by atoms with E-state index in [-0.39, 0.29) is 16.9 Å². The highest BCUT2D eigenvalue weighted by Gasteiger charge is 2.74. The molecule has 4 atom stereocenters. The fourth-order valence-electron chi connectivity index (χ4n) is 3.28. The molecule has 0 spiro atoms. The zero-order valence-electron chi connectivity index (χ0n) is 16.1. The van der Waals surface area contributed by atoms with Crippen molar-refractivity contribution in [2.45, 2.75) is 36.9 Å². The lowest BCUT2D eigenvalue weighted by atomic mass is 9.95. The first-order valence-electron chi connectivity index (χ1n) is 9.10. The quantitative estimate of drug-likeness (QED) is 0.446. The lowest BCUT2D eigenvalue weighted by molar-refractivity contribution is -0.242. The van der Waals surface area contributed by atoms with E-state index in [1.807, 2.05) is 0 Å². The fourth-order valence-corrected chi connectivity index (χ4v) is 5.24. The van der Waals surface area contributed by atoms with Crippen molar-refractivity contribution in [2.75, 3.05) is 6.61 Å². The Kier molecular flexibility index (Phi) is 6.23. The van der Waals surface area contributed by atoms with Crippen LogP contribution in [0.4, 0.5) is 17.6 Å². The molecule has 0 radical (unpaired) electrons. The fraction of sp³-hybridized carbons (Fsp3) is 0.412. The number of rotatable bonds is 5. The number of hydrogen-bond acceptors (Lipinski definition) is 8. The minimum atomic E-state index is -4.64. The maximum absolute atomic E-state index is 15.0. The second-order valence-corrected chi connectivity index (χ2v) is 10.4. The molecule has 9 nitrogen and oxygen atoms in total. The highest BCUT2D eigenvalue weighted by atomic mass is 35.5. The molecule has 180 valence electrons. The topological polar surface area (TPSA) is 112 Å². The number of aliphatic hydroxyl groups excluding tert-OH is 1. The predicted molar refractivity (Wildman–Crippen MR) is 108 cm³/mol. The Labute approximate surface area is 192 Å². The van der Waals surface area contributed by atoms with Crippen LogP contribution >= 0.6 is 18.3 Å². The van der Waals surface area contributed by atoms with Crippen LogP contribution in [0.1, 0.15) is 11.8 Å². The second kappa shape index (κ2) is 8.45. The Balaban J connectivity index is 1.65. The second-order valence-electron chi connectivity index (χ2n) is 7.10. The van der Waals surface area contributed by atoms with Crippen molar-refractivity contribution >= 4 is 30.1 Å². The standard InChI is InChI=1S/C17H14ClF4N2O7PS/c18-9-5-24(15(27)23-12(9)26)13-11(25)17(21,22)16(30-13,14(19)20)7-29-32(33)28-6-8-3-1-2-4-10(8)31-32/h1-5,11,13-14,25H,6-7H2,(H,23,26,27)/t11-,13+,16-,32?/m0/s1. The summed E-state index contributed by atoms with van der Waals surface area (Å²) in [7, 11) is 0. The van der Waals surface area contributed by atoms with Crippen LogP contribution in [0.5, 0.6) is 5.75 Å². The molecule has 1 aromatic carbocycles. The molecule has 2 aliphatic rings. The van der Waals surface area contributed by atoms with Gasteiger partial charge in [-0.2, -0.15) is 8.78 Å². The molecular formula is C17H14ClF4N2O7PS. The summed E-state index contributed by atoms with van der Waals surface area (Å²) < 4.78 is 79.1. The zero-order chi connectivity index (χ0) is 24.2. The van der Waals surface area contributed by atoms with Crippen LogP contribution < -0.4 is 15.8 Å². The third-order valence-corrected chi connectivity index (χ3v) is 7.52. The molecule has 2 N–H and O–H groups in total. The van der Waals surface area contributed by atoms with Crippen LogP contribution in [-0.4, -0.2) is 45.3 Å². The Hall–Kier alpha value is -1.80. The maximum atomic E-state index is 15.0. The number of fused-ring (bicyclic) bond motifs is 1. The molecule has 3 heterocycles. The number of H-pyrrole nitrogens is 1. The van der Waals surface area contributed by atoms with Gasteiger partial charge < -0.3 is 14.4 Å². The average Bonchev–Trinajstić information content (AvgIpc) is 2.96. The number of aromatic amines is 1. The number of ether oxygens (including phenoxy) is 1. The molecule has 2 aromatic rings. The van der Waals surface area contributed by atoms with E-state index in [9.17, 15) is 23.5 Å². The van der Waals surface area contributed by atoms with Crippen LogP contribution in [-0.2, 0) is 32.2 Å². The number of nitrogens with one attached hydrogen (secondary N) is 1. The molecule has 1 aromatic heterocycles. The summed E-state index contributed by atoms with van der Waals surface area (Å²) in [4.78, 5) is 25.2. The normalized spacial score (nSPS) is 30.8. The van der Waals surface area contributed by atoms with Gasteiger partial charge in [-0.3, -0.25) is 23.4 Å². The SMILES string of the molecule is O=c1[nH]c(=O)n([C@@H]2O[C@@](COP3(=S)OCc4ccccc4O3)(C(F)F)C(F)(F)[C@H]2O)cc1Cl. The first kappa shape index (κ1) is 24.3. The monoisotopic (exact) mass is 532 g/mol. The van der Waals surface area contributed by atoms with Gasteiger partial charge in [0.15, 0.2) is 12.3 Å². The minimum absolute atomic E-state index is 0.108. The molecule has 2 aliphatic heterocycles. The van der Waals surface area contributed by atoms with E-state index in [0.29, 0.717) is 11.8 Å². The molecule has 0 saturated carbocycles. The van der Waals surface area contributed by atoms with Crippen molar-refractivity contribution in [1.29, 1.82) is 0 Å². The van der Waals surface area contributed by atoms with Crippen LogP contribution in [0.15, 0.2) is 40.1 Å². The van der Waals surface area contributed by atoms with Crippen LogP contribution in [0.2, 0.25) is 5.02 Å². The Morgan fingerprint density at radius 2 is 2.06 bits per heavy atom. The molecule has 1 fully saturated rings. The summed E-state index contributed by atoms with van der Waals surface area (Å²) in [6.07, 6.45) is -8.61. The van der Waals surface area contributed by atoms with E-state index >= 15 is 8.78 Å². The smallest absolute Gasteiger partial charge is 0.381 e. The summed E-state index contributed by atoms with van der Waals surface area (Å²) in [5.74, 6) is -4.40. The molecule has 1 unspecified atom stereocenters. The molecule has 1 saturated heterocycles. The van der Waals surface area contributed by atoms with Gasteiger partial charge in [0, 0.05) is 23.6 Å². The summed E-state index contributed by atoms with van der Waals surface area (Å²) in [5.41, 5.74) is -5.53. The van der Waals surface area contributed by atoms with Crippen LogP contribution in [0.25, 0.3) is 0 Å². The van der Waals surface area contributed by atoms with Crippen molar-refractivity contribution < 1.29 is 41.0 Å². The predicted octanol–water partition coefficient (Wildman–Crippen LogP) is 2.57. The largest absolute Gasteiger partial charge is 0.424 e. The van der Waals surface area contributed by atoms with Crippen LogP contribution in [0.3, 0.4) is 0 Å². The minimum Gasteiger partial charge on any atom is -0.424 e. The maximum Gasteiger partial charge on any atom is 0.381 e. The number of aliphatic hydroxyl groups is 1. The molecular weight excluding hydrogens is 519 g/mol. The summed E-state index contributed by atoms with van der Waals surface area (Å²) >= 11 is 10.7. The Morgan fingerprint density at radius 3 is 2.76 bits per heavy atom. The molecule has 33 heavy (non-hydrogen) atoms. The van der Waals surface area contributed by atoms with Gasteiger partial charge in [0.05, 0.1) is 13.2 Å². The van der Waals surface area contributed by atoms with Gasteiger partial charge in [-0.05, 0) is 6.07 Å². The van der Waals surface area contributed by atoms with Gasteiger partial charge >= 0.3 is 18.3 Å². The van der Waals surface area contributed by atoms with Gasteiger partial charge in [-0.1, -0.05) is 29.8 Å². The van der Waals surface area contributed by atoms with E-state index in [4.69, 9.17) is 41.7 Å². The van der Waals surface area contributed by atoms with Crippen molar-refractivity contribution in [3.8, 4) is 5.75 Å². The first-order chi connectivity index (χ1) is 15.4. The molecule has 0 bridgehead atoms. The molecule has 4 rings (SSSR count). The van der Waals surface area contributed by atoms with Gasteiger partial charge in [-0.15, -0.1) is 0 Å². The lowest BCUT2D eigenvalue weighted by Crippen LogP contribution is -2.57. The van der Waals surface area contributed by atoms with Gasteiger partial charge in [0.25, 0.3) is 12.0 Å². The van der Waals surface area contributed by atoms with E-state index in [1.165, 1.54) is 6.07 Å². The summed E-state index contributed by atoms with van der Waals surface area (Å²) in [6, 6.07) is 6.45. The Morgan fingerprint density at radius 1 is 1.36 bits per heavy atom. The van der Waals surface area contributed by atoms with E-state index in [1.54, 1.807) is 23.2 Å². The van der Waals surface area contributed by atoms with E-state index in [2.05, 4.69) is 0 Å². The number of nitrogens with zero attached hydrogens (tertiary/aromatic N) is 1. The van der Waals surface area contributed by atoms with Crippen LogP contribution in [0, 0.1) is 0 Å². The number of alkyl halides is 4. The molecule has 0 amide bonds. The number of benzene rings is 1. The average molecular weight is 533 g/mol. The highest BCUT2D eigenvalue weighted by molar-refractivity contribution is 8.07. The number of halogens is 5. The zero-order valence-corrected chi connectivity index (χ0v) is 18.6. The summed E-state index contributed by atoms with van der Waals surface area (Å²) in [5, 5.41) is 9.51. The third kappa shape index (κ3) is 4.03. The molecule has 0 aliphatic carbocycles. The van der Waals surface area contributed by atoms with Crippen molar-refractivity contribution in [3.63, 3.8) is 0 Å². The van der Waals surface area contributed by atoms with Crippen molar-refractivity contribution in [1.82, 2.24) is 9.55 Å². The molecule has 16 heteroatoms. The lowest BCUT2D eigenvalue weighted by Gasteiger charge is -2.35. The number of para-hydroxylation sites is 1. The van der Waals surface area contributed by atoms with E-state index in [0.717, 1.165) is 0 Å². The van der Waals surface area contributed by atoms with Gasteiger partial charge in [0.2, 0.25) is 5.60 Å². The summed E-state index contributed by atoms with van der Waals surface area (Å²) in [6.45, 7) is -5.46. The first-order valence-corrected chi connectivity index (χ1v) is 12.0. The van der Waals surface area contributed by atoms with E-state index < -0.39 is 59.9 Å². The van der Waals surface area contributed by atoms with Crippen molar-refractivity contribution in [2.24, 2.45) is 0 Å². The number of hydrogen-bond donors (Lipinski definition) is 2. The van der Waals surface area contributed by atoms with Gasteiger partial charge in [0.1, 0.15) is 10.8 Å². The third-order valence-electron chi connectivity index (χ3n) is 5.09. The van der Waals surface area contributed by atoms with Gasteiger partial charge in [-0.25, -0.2) is 13.6 Å².